The first-order valence-electron chi connectivity index (χ1n) is 6.91. The number of rotatable bonds is 6. The lowest BCUT2D eigenvalue weighted by atomic mass is 9.73. The highest BCUT2D eigenvalue weighted by molar-refractivity contribution is 4.89. The third-order valence-corrected chi connectivity index (χ3v) is 3.90. The zero-order chi connectivity index (χ0) is 13.6. The van der Waals surface area contributed by atoms with Crippen LogP contribution in [0.2, 0.25) is 0 Å². The third-order valence-electron chi connectivity index (χ3n) is 3.90. The van der Waals surface area contributed by atoms with E-state index in [0.717, 1.165) is 25.8 Å². The number of halogens is 3. The van der Waals surface area contributed by atoms with Crippen molar-refractivity contribution in [2.75, 3.05) is 6.54 Å². The van der Waals surface area contributed by atoms with E-state index in [-0.39, 0.29) is 12.0 Å². The highest BCUT2D eigenvalue weighted by Gasteiger charge is 2.47. The molecule has 0 aromatic carbocycles. The van der Waals surface area contributed by atoms with Gasteiger partial charge in [-0.3, -0.25) is 0 Å². The average molecular weight is 263 g/mol. The molecule has 0 aliphatic heterocycles. The number of allylic oxidation sites excluding steroid dienone is 1. The van der Waals surface area contributed by atoms with Crippen LogP contribution in [0.5, 0.6) is 0 Å². The van der Waals surface area contributed by atoms with Gasteiger partial charge in [-0.05, 0) is 38.1 Å². The summed E-state index contributed by atoms with van der Waals surface area (Å²) in [5, 5.41) is 3.24. The van der Waals surface area contributed by atoms with Crippen LogP contribution in [-0.2, 0) is 0 Å². The van der Waals surface area contributed by atoms with Crippen LogP contribution >= 0.6 is 0 Å². The van der Waals surface area contributed by atoms with Gasteiger partial charge < -0.3 is 5.32 Å². The molecule has 3 atom stereocenters. The van der Waals surface area contributed by atoms with E-state index in [1.54, 1.807) is 6.08 Å². The predicted molar refractivity (Wildman–Crippen MR) is 68.4 cm³/mol. The first kappa shape index (κ1) is 15.5. The smallest absolute Gasteiger partial charge is 0.314 e. The molecule has 0 spiro atoms. The van der Waals surface area contributed by atoms with Gasteiger partial charge in [-0.1, -0.05) is 25.8 Å². The second kappa shape index (κ2) is 7.17. The summed E-state index contributed by atoms with van der Waals surface area (Å²) >= 11 is 0. The van der Waals surface area contributed by atoms with Crippen molar-refractivity contribution in [2.45, 2.75) is 57.7 Å². The number of alkyl halides is 3. The fourth-order valence-corrected chi connectivity index (χ4v) is 3.07. The molecule has 0 amide bonds. The minimum atomic E-state index is -4.05. The molecule has 0 radical (unpaired) electrons. The minimum Gasteiger partial charge on any atom is -0.314 e. The van der Waals surface area contributed by atoms with E-state index < -0.39 is 12.1 Å². The second-order valence-electron chi connectivity index (χ2n) is 5.13. The van der Waals surface area contributed by atoms with Crippen LogP contribution in [0, 0.1) is 11.8 Å². The van der Waals surface area contributed by atoms with Gasteiger partial charge in [0.15, 0.2) is 0 Å². The van der Waals surface area contributed by atoms with Gasteiger partial charge >= 0.3 is 6.18 Å². The quantitative estimate of drug-likeness (QED) is 0.704. The SMILES string of the molecule is C=CCCC(NCC)C1CCCCC1C(F)(F)F. The van der Waals surface area contributed by atoms with Gasteiger partial charge in [0.25, 0.3) is 0 Å². The van der Waals surface area contributed by atoms with Crippen LogP contribution in [0.25, 0.3) is 0 Å². The Hall–Kier alpha value is -0.510. The summed E-state index contributed by atoms with van der Waals surface area (Å²) in [6, 6.07) is -0.0278. The van der Waals surface area contributed by atoms with E-state index in [0.29, 0.717) is 19.3 Å². The molecule has 1 saturated carbocycles. The van der Waals surface area contributed by atoms with Gasteiger partial charge in [-0.25, -0.2) is 0 Å². The van der Waals surface area contributed by atoms with Crippen molar-refractivity contribution < 1.29 is 13.2 Å². The van der Waals surface area contributed by atoms with Crippen LogP contribution < -0.4 is 5.32 Å². The Morgan fingerprint density at radius 1 is 1.33 bits per heavy atom. The van der Waals surface area contributed by atoms with Gasteiger partial charge in [0.1, 0.15) is 0 Å². The molecule has 1 rings (SSSR count). The normalized spacial score (nSPS) is 26.9. The summed E-state index contributed by atoms with van der Waals surface area (Å²) < 4.78 is 39.2. The highest BCUT2D eigenvalue weighted by atomic mass is 19.4. The molecule has 1 fully saturated rings. The van der Waals surface area contributed by atoms with Crippen molar-refractivity contribution in [1.29, 1.82) is 0 Å². The Morgan fingerprint density at radius 2 is 2.00 bits per heavy atom. The predicted octanol–water partition coefficient (Wildman–Crippen LogP) is 4.30. The van der Waals surface area contributed by atoms with Crippen LogP contribution in [0.1, 0.15) is 45.4 Å². The Morgan fingerprint density at radius 3 is 2.56 bits per heavy atom. The lowest BCUT2D eigenvalue weighted by molar-refractivity contribution is -0.199. The van der Waals surface area contributed by atoms with Crippen LogP contribution in [-0.4, -0.2) is 18.8 Å². The van der Waals surface area contributed by atoms with Crippen molar-refractivity contribution in [2.24, 2.45) is 11.8 Å². The van der Waals surface area contributed by atoms with Crippen LogP contribution in [0.3, 0.4) is 0 Å². The van der Waals surface area contributed by atoms with Crippen molar-refractivity contribution in [3.05, 3.63) is 12.7 Å². The molecular weight excluding hydrogens is 239 g/mol. The van der Waals surface area contributed by atoms with Gasteiger partial charge in [-0.15, -0.1) is 6.58 Å². The largest absolute Gasteiger partial charge is 0.392 e. The Balaban J connectivity index is 2.74. The molecule has 1 aliphatic carbocycles. The highest BCUT2D eigenvalue weighted by Crippen LogP contribution is 2.43. The van der Waals surface area contributed by atoms with E-state index in [9.17, 15) is 13.2 Å². The number of hydrogen-bond donors (Lipinski definition) is 1. The van der Waals surface area contributed by atoms with Gasteiger partial charge in [-0.2, -0.15) is 13.2 Å². The van der Waals surface area contributed by atoms with E-state index >= 15 is 0 Å². The maximum Gasteiger partial charge on any atom is 0.392 e. The first-order chi connectivity index (χ1) is 8.50. The van der Waals surface area contributed by atoms with Crippen molar-refractivity contribution in [3.63, 3.8) is 0 Å². The molecule has 0 bridgehead atoms. The average Bonchev–Trinajstić information content (AvgIpc) is 2.33. The van der Waals surface area contributed by atoms with E-state index in [1.807, 2.05) is 6.92 Å². The van der Waals surface area contributed by atoms with Crippen LogP contribution in [0.4, 0.5) is 13.2 Å². The fraction of sp³-hybridized carbons (Fsp3) is 0.857. The summed E-state index contributed by atoms with van der Waals surface area (Å²) in [6.45, 7) is 6.33. The van der Waals surface area contributed by atoms with Gasteiger partial charge in [0.2, 0.25) is 0 Å². The topological polar surface area (TPSA) is 12.0 Å². The van der Waals surface area contributed by atoms with Gasteiger partial charge in [0, 0.05) is 6.04 Å². The lowest BCUT2D eigenvalue weighted by Crippen LogP contribution is -2.45. The molecule has 18 heavy (non-hydrogen) atoms. The summed E-state index contributed by atoms with van der Waals surface area (Å²) in [5.41, 5.74) is 0. The zero-order valence-corrected chi connectivity index (χ0v) is 11.1. The summed E-state index contributed by atoms with van der Waals surface area (Å²) in [6.07, 6.45) is 1.90. The zero-order valence-electron chi connectivity index (χ0n) is 11.1. The minimum absolute atomic E-state index is 0.0278. The number of hydrogen-bond acceptors (Lipinski definition) is 1. The Kier molecular flexibility index (Phi) is 6.19. The molecule has 0 heterocycles. The molecule has 1 nitrogen and oxygen atoms in total. The standard InChI is InChI=1S/C14H24F3N/c1-3-5-10-13(18-4-2)11-8-6-7-9-12(11)14(15,16)17/h3,11-13,18H,1,4-10H2,2H3. The molecule has 0 aromatic heterocycles. The van der Waals surface area contributed by atoms with E-state index in [1.165, 1.54) is 0 Å². The van der Waals surface area contributed by atoms with E-state index in [4.69, 9.17) is 0 Å². The summed E-state index contributed by atoms with van der Waals surface area (Å²) in [5.74, 6) is -1.39. The molecule has 1 aliphatic rings. The molecule has 106 valence electrons. The molecule has 4 heteroatoms. The maximum atomic E-state index is 13.1. The van der Waals surface area contributed by atoms with Crippen LogP contribution in [0.15, 0.2) is 12.7 Å². The second-order valence-corrected chi connectivity index (χ2v) is 5.13. The maximum absolute atomic E-state index is 13.1. The fourth-order valence-electron chi connectivity index (χ4n) is 3.07. The van der Waals surface area contributed by atoms with Gasteiger partial charge in [0.05, 0.1) is 5.92 Å². The molecule has 3 unspecified atom stereocenters. The van der Waals surface area contributed by atoms with Crippen molar-refractivity contribution in [3.8, 4) is 0 Å². The van der Waals surface area contributed by atoms with Crippen molar-refractivity contribution in [1.82, 2.24) is 5.32 Å². The molecule has 1 N–H and O–H groups in total. The summed E-state index contributed by atoms with van der Waals surface area (Å²) in [7, 11) is 0. The first-order valence-corrected chi connectivity index (χ1v) is 6.91. The van der Waals surface area contributed by atoms with Crippen molar-refractivity contribution >= 4 is 0 Å². The lowest BCUT2D eigenvalue weighted by Gasteiger charge is -2.38. The molecule has 0 saturated heterocycles. The van der Waals surface area contributed by atoms with E-state index in [2.05, 4.69) is 11.9 Å². The molecule has 0 aromatic rings. The Labute approximate surface area is 108 Å². The summed E-state index contributed by atoms with van der Waals surface area (Å²) in [4.78, 5) is 0. The third kappa shape index (κ3) is 4.30. The molecular formula is C14H24F3N. The Bertz CT molecular complexity index is 250. The number of nitrogens with one attached hydrogen (secondary N) is 1. The monoisotopic (exact) mass is 263 g/mol.